The van der Waals surface area contributed by atoms with Crippen LogP contribution in [-0.4, -0.2) is 58.8 Å². The molecule has 0 saturated carbocycles. The highest BCUT2D eigenvalue weighted by Gasteiger charge is 2.16. The van der Waals surface area contributed by atoms with Crippen LogP contribution >= 0.6 is 0 Å². The third-order valence-corrected chi connectivity index (χ3v) is 7.78. The molecule has 0 fully saturated rings. The molecule has 0 aromatic carbocycles. The lowest BCUT2D eigenvalue weighted by Crippen LogP contribution is -2.26. The number of rotatable bonds is 32. The lowest BCUT2D eigenvalue weighted by molar-refractivity contribution is -0.152. The smallest absolute Gasteiger partial charge is 0.305 e. The quantitative estimate of drug-likeness (QED) is 0.0379. The number of ether oxygens (including phenoxy) is 2. The molecule has 7 nitrogen and oxygen atoms in total. The minimum absolute atomic E-state index is 0.0688. The molecule has 3 atom stereocenters. The Labute approximate surface area is 281 Å². The number of allylic oxidation sites excluding steroid dienone is 7. The Morgan fingerprint density at radius 1 is 0.522 bits per heavy atom. The minimum atomic E-state index is -1.07. The number of unbranched alkanes of at least 4 members (excludes halogenated alkanes) is 12. The summed E-state index contributed by atoms with van der Waals surface area (Å²) in [4.78, 5) is 23.9. The molecule has 0 spiro atoms. The van der Waals surface area contributed by atoms with Crippen molar-refractivity contribution in [2.24, 2.45) is 0 Å². The van der Waals surface area contributed by atoms with Gasteiger partial charge in [-0.15, -0.1) is 0 Å². The van der Waals surface area contributed by atoms with Gasteiger partial charge in [0.15, 0.2) is 0 Å². The van der Waals surface area contributed by atoms with Crippen molar-refractivity contribution in [3.05, 3.63) is 48.6 Å². The van der Waals surface area contributed by atoms with E-state index in [9.17, 15) is 24.9 Å². The lowest BCUT2D eigenvalue weighted by atomic mass is 10.0. The van der Waals surface area contributed by atoms with Crippen molar-refractivity contribution in [1.29, 1.82) is 0 Å². The van der Waals surface area contributed by atoms with Gasteiger partial charge in [-0.05, 0) is 51.4 Å². The SMILES string of the molecule is CC/C=C\C/C=C\C/C=C\C/C=C\C[C@H](O)[C@@H](O)CCCC(=O)OC[C@H](O)COC(=O)CCCCCCCCCCCCCCC. The maximum Gasteiger partial charge on any atom is 0.305 e. The number of hydrogen-bond acceptors (Lipinski definition) is 7. The number of carbonyl (C=O) groups excluding carboxylic acids is 2. The number of aliphatic hydroxyl groups excluding tert-OH is 3. The van der Waals surface area contributed by atoms with Crippen LogP contribution in [0.15, 0.2) is 48.6 Å². The van der Waals surface area contributed by atoms with Crippen molar-refractivity contribution in [3.63, 3.8) is 0 Å². The Balaban J connectivity index is 3.72. The van der Waals surface area contributed by atoms with Crippen LogP contribution in [-0.2, 0) is 19.1 Å². The Bertz CT molecular complexity index is 817. The third kappa shape index (κ3) is 31.7. The van der Waals surface area contributed by atoms with Gasteiger partial charge in [0.1, 0.15) is 19.3 Å². The van der Waals surface area contributed by atoms with Gasteiger partial charge in [0.2, 0.25) is 0 Å². The molecule has 0 aliphatic heterocycles. The molecule has 0 heterocycles. The summed E-state index contributed by atoms with van der Waals surface area (Å²) in [7, 11) is 0. The molecule has 0 saturated heterocycles. The molecule has 7 heteroatoms. The summed E-state index contributed by atoms with van der Waals surface area (Å²) in [5.41, 5.74) is 0. The summed E-state index contributed by atoms with van der Waals surface area (Å²) < 4.78 is 10.2. The van der Waals surface area contributed by atoms with Gasteiger partial charge in [0, 0.05) is 12.8 Å². The minimum Gasteiger partial charge on any atom is -0.463 e. The van der Waals surface area contributed by atoms with Crippen LogP contribution in [0.3, 0.4) is 0 Å². The predicted octanol–water partition coefficient (Wildman–Crippen LogP) is 9.00. The van der Waals surface area contributed by atoms with Crippen molar-refractivity contribution in [1.82, 2.24) is 0 Å². The van der Waals surface area contributed by atoms with E-state index in [0.717, 1.165) is 44.9 Å². The number of hydrogen-bond donors (Lipinski definition) is 3. The first-order chi connectivity index (χ1) is 22.4. The van der Waals surface area contributed by atoms with Crippen LogP contribution in [0.4, 0.5) is 0 Å². The summed E-state index contributed by atoms with van der Waals surface area (Å²) in [6.45, 7) is 3.92. The maximum atomic E-state index is 12.0. The van der Waals surface area contributed by atoms with E-state index in [1.807, 2.05) is 12.2 Å². The molecule has 46 heavy (non-hydrogen) atoms. The largest absolute Gasteiger partial charge is 0.463 e. The van der Waals surface area contributed by atoms with Crippen LogP contribution in [0.1, 0.15) is 155 Å². The molecular weight excluding hydrogens is 580 g/mol. The van der Waals surface area contributed by atoms with Gasteiger partial charge in [-0.3, -0.25) is 9.59 Å². The van der Waals surface area contributed by atoms with Crippen LogP contribution in [0.2, 0.25) is 0 Å². The molecule has 266 valence electrons. The summed E-state index contributed by atoms with van der Waals surface area (Å²) in [5.74, 6) is -0.843. The number of esters is 2. The molecule has 0 aliphatic carbocycles. The monoisotopic (exact) mass is 648 g/mol. The molecular formula is C39H68O7. The van der Waals surface area contributed by atoms with Gasteiger partial charge in [0.05, 0.1) is 12.2 Å². The van der Waals surface area contributed by atoms with Crippen LogP contribution in [0.5, 0.6) is 0 Å². The fraction of sp³-hybridized carbons (Fsp3) is 0.744. The van der Waals surface area contributed by atoms with Gasteiger partial charge in [-0.2, -0.15) is 0 Å². The topological polar surface area (TPSA) is 113 Å². The van der Waals surface area contributed by atoms with Crippen LogP contribution < -0.4 is 0 Å². The highest BCUT2D eigenvalue weighted by Crippen LogP contribution is 2.13. The predicted molar refractivity (Wildman–Crippen MR) is 189 cm³/mol. The molecule has 0 amide bonds. The fourth-order valence-electron chi connectivity index (χ4n) is 4.88. The molecule has 0 aromatic rings. The standard InChI is InChI=1S/C39H68O7/c1-3-5-7-9-11-13-15-17-19-21-23-25-27-31-38(43)45-33-35(40)34-46-39(44)32-28-30-37(42)36(41)29-26-24-22-20-18-16-14-12-10-8-6-4-2/h6,8,12,14,18,20,24,26,35-37,40-42H,3-5,7,9-11,13,15-17,19,21-23,25,27-34H2,1-2H3/b8-6-,14-12-,20-18-,26-24-/t35-,36+,37+/m1/s1. The highest BCUT2D eigenvalue weighted by atomic mass is 16.6. The number of aliphatic hydroxyl groups is 3. The average Bonchev–Trinajstić information content (AvgIpc) is 3.05. The van der Waals surface area contributed by atoms with Crippen molar-refractivity contribution in [3.8, 4) is 0 Å². The van der Waals surface area contributed by atoms with Crippen LogP contribution in [0.25, 0.3) is 0 Å². The second-order valence-electron chi connectivity index (χ2n) is 12.3. The zero-order valence-corrected chi connectivity index (χ0v) is 29.3. The van der Waals surface area contributed by atoms with Crippen molar-refractivity contribution >= 4 is 11.9 Å². The first-order valence-electron chi connectivity index (χ1n) is 18.4. The first-order valence-corrected chi connectivity index (χ1v) is 18.4. The van der Waals surface area contributed by atoms with Crippen molar-refractivity contribution in [2.45, 2.75) is 173 Å². The molecule has 0 radical (unpaired) electrons. The van der Waals surface area contributed by atoms with E-state index >= 15 is 0 Å². The highest BCUT2D eigenvalue weighted by molar-refractivity contribution is 5.69. The fourth-order valence-corrected chi connectivity index (χ4v) is 4.88. The zero-order chi connectivity index (χ0) is 33.9. The average molecular weight is 649 g/mol. The Hall–Kier alpha value is -2.22. The zero-order valence-electron chi connectivity index (χ0n) is 29.3. The molecule has 3 N–H and O–H groups in total. The van der Waals surface area contributed by atoms with Gasteiger partial charge in [-0.25, -0.2) is 0 Å². The van der Waals surface area contributed by atoms with E-state index in [4.69, 9.17) is 9.47 Å². The second kappa shape index (κ2) is 34.1. The summed E-state index contributed by atoms with van der Waals surface area (Å²) in [6.07, 6.45) is 34.9. The van der Waals surface area contributed by atoms with E-state index < -0.39 is 24.3 Å². The molecule has 0 rings (SSSR count). The Morgan fingerprint density at radius 2 is 0.935 bits per heavy atom. The van der Waals surface area contributed by atoms with Crippen molar-refractivity contribution in [2.75, 3.05) is 13.2 Å². The summed E-state index contributed by atoms with van der Waals surface area (Å²) in [6, 6.07) is 0. The number of carbonyl (C=O) groups is 2. The van der Waals surface area contributed by atoms with E-state index in [-0.39, 0.29) is 32.0 Å². The summed E-state index contributed by atoms with van der Waals surface area (Å²) in [5, 5.41) is 30.3. The van der Waals surface area contributed by atoms with Gasteiger partial charge in [-0.1, -0.05) is 140 Å². The van der Waals surface area contributed by atoms with Crippen LogP contribution in [0, 0.1) is 0 Å². The van der Waals surface area contributed by atoms with Gasteiger partial charge in [0.25, 0.3) is 0 Å². The van der Waals surface area contributed by atoms with E-state index in [0.29, 0.717) is 19.3 Å². The van der Waals surface area contributed by atoms with E-state index in [1.54, 1.807) is 0 Å². The van der Waals surface area contributed by atoms with Gasteiger partial charge < -0.3 is 24.8 Å². The Morgan fingerprint density at radius 3 is 1.41 bits per heavy atom. The molecule has 0 bridgehead atoms. The molecule has 0 unspecified atom stereocenters. The van der Waals surface area contributed by atoms with Gasteiger partial charge >= 0.3 is 11.9 Å². The normalized spacial score (nSPS) is 14.1. The third-order valence-electron chi connectivity index (χ3n) is 7.78. The Kier molecular flexibility index (Phi) is 32.5. The molecule has 0 aliphatic rings. The second-order valence-corrected chi connectivity index (χ2v) is 12.3. The summed E-state index contributed by atoms with van der Waals surface area (Å²) >= 11 is 0. The maximum absolute atomic E-state index is 12.0. The van der Waals surface area contributed by atoms with E-state index in [2.05, 4.69) is 50.3 Å². The van der Waals surface area contributed by atoms with Crippen molar-refractivity contribution < 1.29 is 34.4 Å². The first kappa shape index (κ1) is 43.8. The molecule has 0 aromatic heterocycles. The van der Waals surface area contributed by atoms with E-state index in [1.165, 1.54) is 64.2 Å². The lowest BCUT2D eigenvalue weighted by Gasteiger charge is -2.16.